The molecule has 0 aromatic heterocycles. The van der Waals surface area contributed by atoms with E-state index in [9.17, 15) is 14.0 Å². The van der Waals surface area contributed by atoms with E-state index in [0.29, 0.717) is 0 Å². The smallest absolute Gasteiger partial charge is 0.279 e. The first-order valence-corrected chi connectivity index (χ1v) is 7.71. The molecule has 0 fully saturated rings. The van der Waals surface area contributed by atoms with Gasteiger partial charge in [0.05, 0.1) is 0 Å². The summed E-state index contributed by atoms with van der Waals surface area (Å²) in [5.74, 6) is -1.68. The Balaban J connectivity index is 1.82. The first kappa shape index (κ1) is 18.2. The molecule has 0 saturated heterocycles. The summed E-state index contributed by atoms with van der Waals surface area (Å²) in [6, 6.07) is 13.4. The summed E-state index contributed by atoms with van der Waals surface area (Å²) in [7, 11) is 0. The summed E-state index contributed by atoms with van der Waals surface area (Å²) in [6.07, 6.45) is 1.96. The normalized spacial score (nSPS) is 11.8. The molecule has 0 bridgehead atoms. The van der Waals surface area contributed by atoms with E-state index in [1.165, 1.54) is 31.2 Å². The standard InChI is InChI=1S/C19H19FN2O3/c1-13-6-5-7-15(12-13)10-11-18(23)21-22-19(24)14(2)25-17-9-4-3-8-16(17)20/h3-12,14H,1-2H3,(H,21,23)(H,22,24)/b11-10+/t14-/m0/s1. The third-order valence-corrected chi connectivity index (χ3v) is 3.29. The number of para-hydroxylation sites is 1. The van der Waals surface area contributed by atoms with E-state index in [0.717, 1.165) is 11.1 Å². The van der Waals surface area contributed by atoms with Crippen molar-refractivity contribution >= 4 is 17.9 Å². The lowest BCUT2D eigenvalue weighted by Gasteiger charge is -2.15. The number of hydrogen-bond acceptors (Lipinski definition) is 3. The van der Waals surface area contributed by atoms with E-state index in [1.807, 2.05) is 31.2 Å². The number of hydrogen-bond donors (Lipinski definition) is 2. The molecule has 2 aromatic rings. The van der Waals surface area contributed by atoms with Gasteiger partial charge < -0.3 is 4.74 Å². The van der Waals surface area contributed by atoms with E-state index in [2.05, 4.69) is 10.9 Å². The van der Waals surface area contributed by atoms with Crippen molar-refractivity contribution in [3.05, 3.63) is 71.6 Å². The van der Waals surface area contributed by atoms with Crippen LogP contribution in [0, 0.1) is 12.7 Å². The van der Waals surface area contributed by atoms with Crippen LogP contribution in [-0.2, 0) is 9.59 Å². The Morgan fingerprint density at radius 3 is 2.60 bits per heavy atom. The molecule has 0 unspecified atom stereocenters. The fraction of sp³-hybridized carbons (Fsp3) is 0.158. The molecule has 2 rings (SSSR count). The molecule has 1 atom stereocenters. The van der Waals surface area contributed by atoms with Gasteiger partial charge in [0.15, 0.2) is 17.7 Å². The van der Waals surface area contributed by atoms with Crippen molar-refractivity contribution in [2.45, 2.75) is 20.0 Å². The van der Waals surface area contributed by atoms with Crippen molar-refractivity contribution in [3.63, 3.8) is 0 Å². The fourth-order valence-corrected chi connectivity index (χ4v) is 2.00. The minimum Gasteiger partial charge on any atom is -0.478 e. The van der Waals surface area contributed by atoms with Gasteiger partial charge in [-0.2, -0.15) is 0 Å². The Bertz CT molecular complexity index is 790. The highest BCUT2D eigenvalue weighted by Crippen LogP contribution is 2.16. The number of carbonyl (C=O) groups excluding carboxylic acids is 2. The second-order valence-electron chi connectivity index (χ2n) is 5.42. The van der Waals surface area contributed by atoms with Gasteiger partial charge in [-0.15, -0.1) is 0 Å². The zero-order chi connectivity index (χ0) is 18.2. The van der Waals surface area contributed by atoms with Crippen LogP contribution in [0.3, 0.4) is 0 Å². The average Bonchev–Trinajstić information content (AvgIpc) is 2.59. The number of halogens is 1. The highest BCUT2D eigenvalue weighted by Gasteiger charge is 2.16. The highest BCUT2D eigenvalue weighted by molar-refractivity contribution is 5.93. The van der Waals surface area contributed by atoms with Crippen molar-refractivity contribution in [3.8, 4) is 5.75 Å². The number of rotatable bonds is 5. The molecule has 0 spiro atoms. The molecule has 2 amide bonds. The molecule has 2 N–H and O–H groups in total. The fourth-order valence-electron chi connectivity index (χ4n) is 2.00. The van der Waals surface area contributed by atoms with E-state index in [1.54, 1.807) is 12.1 Å². The van der Waals surface area contributed by atoms with Crippen molar-refractivity contribution in [2.75, 3.05) is 0 Å². The third-order valence-electron chi connectivity index (χ3n) is 3.29. The van der Waals surface area contributed by atoms with Gasteiger partial charge >= 0.3 is 0 Å². The van der Waals surface area contributed by atoms with Crippen LogP contribution in [0.1, 0.15) is 18.1 Å². The maximum Gasteiger partial charge on any atom is 0.279 e. The molecule has 0 saturated carbocycles. The molecular formula is C19H19FN2O3. The number of carbonyl (C=O) groups is 2. The Kier molecular flexibility index (Phi) is 6.28. The SMILES string of the molecule is Cc1cccc(/C=C/C(=O)NNC(=O)[C@H](C)Oc2ccccc2F)c1. The van der Waals surface area contributed by atoms with Gasteiger partial charge in [0.2, 0.25) is 0 Å². The number of ether oxygens (including phenoxy) is 1. The quantitative estimate of drug-likeness (QED) is 0.648. The van der Waals surface area contributed by atoms with Gasteiger partial charge in [0.1, 0.15) is 0 Å². The van der Waals surface area contributed by atoms with Gasteiger partial charge in [-0.25, -0.2) is 4.39 Å². The van der Waals surface area contributed by atoms with Crippen LogP contribution < -0.4 is 15.6 Å². The maximum absolute atomic E-state index is 13.5. The minimum atomic E-state index is -0.974. The average molecular weight is 342 g/mol. The van der Waals surface area contributed by atoms with Crippen molar-refractivity contribution < 1.29 is 18.7 Å². The Labute approximate surface area is 145 Å². The van der Waals surface area contributed by atoms with Crippen LogP contribution >= 0.6 is 0 Å². The van der Waals surface area contributed by atoms with Crippen LogP contribution in [-0.4, -0.2) is 17.9 Å². The van der Waals surface area contributed by atoms with Crippen LogP contribution in [0.2, 0.25) is 0 Å². The Hall–Kier alpha value is -3.15. The van der Waals surface area contributed by atoms with E-state index in [4.69, 9.17) is 4.74 Å². The predicted molar refractivity (Wildman–Crippen MR) is 93.0 cm³/mol. The molecule has 0 aliphatic rings. The van der Waals surface area contributed by atoms with Gasteiger partial charge in [0.25, 0.3) is 11.8 Å². The second-order valence-corrected chi connectivity index (χ2v) is 5.42. The molecule has 25 heavy (non-hydrogen) atoms. The molecule has 0 radical (unpaired) electrons. The molecule has 5 nitrogen and oxygen atoms in total. The van der Waals surface area contributed by atoms with Crippen LogP contribution in [0.4, 0.5) is 4.39 Å². The maximum atomic E-state index is 13.5. The van der Waals surface area contributed by atoms with Crippen molar-refractivity contribution in [1.29, 1.82) is 0 Å². The number of benzene rings is 2. The number of nitrogens with one attached hydrogen (secondary N) is 2. The Morgan fingerprint density at radius 1 is 1.12 bits per heavy atom. The van der Waals surface area contributed by atoms with Gasteiger partial charge in [-0.05, 0) is 37.6 Å². The monoisotopic (exact) mass is 342 g/mol. The summed E-state index contributed by atoms with van der Waals surface area (Å²) in [4.78, 5) is 23.6. The molecule has 6 heteroatoms. The largest absolute Gasteiger partial charge is 0.478 e. The number of aryl methyl sites for hydroxylation is 1. The highest BCUT2D eigenvalue weighted by atomic mass is 19.1. The summed E-state index contributed by atoms with van der Waals surface area (Å²) in [5, 5.41) is 0. The molecule has 130 valence electrons. The zero-order valence-electron chi connectivity index (χ0n) is 14.0. The Morgan fingerprint density at radius 2 is 1.88 bits per heavy atom. The van der Waals surface area contributed by atoms with Crippen molar-refractivity contribution in [1.82, 2.24) is 10.9 Å². The van der Waals surface area contributed by atoms with E-state index < -0.39 is 23.7 Å². The summed E-state index contributed by atoms with van der Waals surface area (Å²) < 4.78 is 18.7. The number of amides is 2. The lowest BCUT2D eigenvalue weighted by Crippen LogP contribution is -2.46. The summed E-state index contributed by atoms with van der Waals surface area (Å²) in [6.45, 7) is 3.41. The first-order valence-electron chi connectivity index (χ1n) is 7.71. The molecule has 0 aliphatic carbocycles. The molecule has 0 aliphatic heterocycles. The first-order chi connectivity index (χ1) is 12.0. The topological polar surface area (TPSA) is 67.4 Å². The van der Waals surface area contributed by atoms with Gasteiger partial charge in [-0.1, -0.05) is 42.0 Å². The van der Waals surface area contributed by atoms with E-state index >= 15 is 0 Å². The van der Waals surface area contributed by atoms with Crippen molar-refractivity contribution in [2.24, 2.45) is 0 Å². The molecular weight excluding hydrogens is 323 g/mol. The lowest BCUT2D eigenvalue weighted by atomic mass is 10.1. The van der Waals surface area contributed by atoms with E-state index in [-0.39, 0.29) is 5.75 Å². The minimum absolute atomic E-state index is 0.0316. The zero-order valence-corrected chi connectivity index (χ0v) is 14.0. The molecule has 2 aromatic carbocycles. The summed E-state index contributed by atoms with van der Waals surface area (Å²) in [5.41, 5.74) is 6.43. The van der Waals surface area contributed by atoms with Crippen LogP contribution in [0.15, 0.2) is 54.6 Å². The van der Waals surface area contributed by atoms with Gasteiger partial charge in [-0.3, -0.25) is 20.4 Å². The van der Waals surface area contributed by atoms with Gasteiger partial charge in [0, 0.05) is 6.08 Å². The lowest BCUT2D eigenvalue weighted by molar-refractivity contribution is -0.131. The third kappa shape index (κ3) is 5.76. The second kappa shape index (κ2) is 8.63. The number of hydrazine groups is 1. The van der Waals surface area contributed by atoms with Crippen LogP contribution in [0.25, 0.3) is 6.08 Å². The molecule has 0 heterocycles. The van der Waals surface area contributed by atoms with Crippen LogP contribution in [0.5, 0.6) is 5.75 Å². The predicted octanol–water partition coefficient (Wildman–Crippen LogP) is 2.76. The summed E-state index contributed by atoms with van der Waals surface area (Å²) >= 11 is 0.